The maximum absolute atomic E-state index is 12.8. The Bertz CT molecular complexity index is 850. The number of carbonyl (C=O) groups excluding carboxylic acids is 2. The molecule has 2 atom stereocenters. The zero-order chi connectivity index (χ0) is 19.4. The lowest BCUT2D eigenvalue weighted by Gasteiger charge is -2.33. The number of benzene rings is 2. The Balaban J connectivity index is 1.90. The van der Waals surface area contributed by atoms with Gasteiger partial charge >= 0.3 is 6.09 Å². The highest BCUT2D eigenvalue weighted by Crippen LogP contribution is 2.26. The lowest BCUT2D eigenvalue weighted by molar-refractivity contribution is -0.126. The number of para-hydroxylation sites is 1. The molecule has 0 radical (unpaired) electrons. The van der Waals surface area contributed by atoms with E-state index < -0.39 is 24.1 Å². The third-order valence-corrected chi connectivity index (χ3v) is 4.90. The summed E-state index contributed by atoms with van der Waals surface area (Å²) < 4.78 is 0. The summed E-state index contributed by atoms with van der Waals surface area (Å²) in [4.78, 5) is 38.2. The van der Waals surface area contributed by atoms with E-state index in [0.717, 1.165) is 16.0 Å². The molecule has 1 aliphatic rings. The van der Waals surface area contributed by atoms with Gasteiger partial charge in [0, 0.05) is 12.1 Å². The molecule has 0 saturated heterocycles. The van der Waals surface area contributed by atoms with Crippen molar-refractivity contribution in [1.29, 1.82) is 0 Å². The predicted octanol–water partition coefficient (Wildman–Crippen LogP) is 3.12. The second kappa shape index (κ2) is 8.03. The average molecular weight is 366 g/mol. The first-order valence-corrected chi connectivity index (χ1v) is 8.91. The molecule has 0 fully saturated rings. The molecule has 1 unspecified atom stereocenters. The number of anilines is 1. The molecule has 6 heteroatoms. The fourth-order valence-electron chi connectivity index (χ4n) is 3.52. The van der Waals surface area contributed by atoms with Gasteiger partial charge in [-0.25, -0.2) is 4.79 Å². The van der Waals surface area contributed by atoms with Gasteiger partial charge in [0.15, 0.2) is 5.78 Å². The van der Waals surface area contributed by atoms with Crippen LogP contribution in [-0.2, 0) is 22.4 Å². The first-order valence-electron chi connectivity index (χ1n) is 8.91. The van der Waals surface area contributed by atoms with E-state index in [1.54, 1.807) is 6.07 Å². The van der Waals surface area contributed by atoms with Crippen LogP contribution in [-0.4, -0.2) is 39.9 Å². The molecule has 1 aliphatic heterocycles. The Morgan fingerprint density at radius 3 is 2.48 bits per heavy atom. The minimum Gasteiger partial charge on any atom is -0.465 e. The number of aryl methyl sites for hydroxylation is 1. The van der Waals surface area contributed by atoms with Crippen LogP contribution >= 0.6 is 0 Å². The summed E-state index contributed by atoms with van der Waals surface area (Å²) in [5.74, 6) is -0.683. The van der Waals surface area contributed by atoms with Gasteiger partial charge < -0.3 is 10.4 Å². The SMILES string of the molecule is CC(=O)C(Cc1ccccc1)N(C(=O)O)[C@@H]1CCc2ccccc2NC1=O. The van der Waals surface area contributed by atoms with Gasteiger partial charge in [-0.1, -0.05) is 48.5 Å². The Hall–Kier alpha value is -3.15. The molecule has 140 valence electrons. The maximum Gasteiger partial charge on any atom is 0.408 e. The van der Waals surface area contributed by atoms with Crippen LogP contribution in [0.5, 0.6) is 0 Å². The summed E-state index contributed by atoms with van der Waals surface area (Å²) in [6.45, 7) is 1.37. The molecule has 2 amide bonds. The van der Waals surface area contributed by atoms with Crippen molar-refractivity contribution >= 4 is 23.5 Å². The van der Waals surface area contributed by atoms with Gasteiger partial charge in [-0.05, 0) is 37.0 Å². The molecule has 2 N–H and O–H groups in total. The Morgan fingerprint density at radius 2 is 1.81 bits per heavy atom. The van der Waals surface area contributed by atoms with Crippen molar-refractivity contribution in [2.24, 2.45) is 0 Å². The number of Topliss-reactive ketones (excluding diaryl/α,β-unsaturated/α-hetero) is 1. The lowest BCUT2D eigenvalue weighted by atomic mass is 9.98. The van der Waals surface area contributed by atoms with Crippen LogP contribution in [0, 0.1) is 0 Å². The van der Waals surface area contributed by atoms with Gasteiger partial charge in [0.1, 0.15) is 6.04 Å². The van der Waals surface area contributed by atoms with Crippen LogP contribution < -0.4 is 5.32 Å². The number of ketones is 1. The molecular formula is C21H22N2O4. The number of amides is 2. The fourth-order valence-corrected chi connectivity index (χ4v) is 3.52. The van der Waals surface area contributed by atoms with Crippen LogP contribution in [0.1, 0.15) is 24.5 Å². The van der Waals surface area contributed by atoms with Crippen LogP contribution in [0.25, 0.3) is 0 Å². The van der Waals surface area contributed by atoms with Gasteiger partial charge in [0.25, 0.3) is 0 Å². The number of hydrogen-bond donors (Lipinski definition) is 2. The standard InChI is InChI=1S/C21H22N2O4/c1-14(24)19(13-15-7-3-2-4-8-15)23(21(26)27)18-12-11-16-9-5-6-10-17(16)22-20(18)25/h2-10,18-19H,11-13H2,1H3,(H,22,25)(H,26,27)/t18-,19?/m1/s1. The van der Waals surface area contributed by atoms with Gasteiger partial charge in [-0.15, -0.1) is 0 Å². The van der Waals surface area contributed by atoms with Gasteiger partial charge in [0.05, 0.1) is 6.04 Å². The van der Waals surface area contributed by atoms with Crippen molar-refractivity contribution in [3.8, 4) is 0 Å². The van der Waals surface area contributed by atoms with Crippen LogP contribution in [0.15, 0.2) is 54.6 Å². The number of carboxylic acid groups (broad SMARTS) is 1. The van der Waals surface area contributed by atoms with Gasteiger partial charge in [-0.2, -0.15) is 0 Å². The van der Waals surface area contributed by atoms with Crippen molar-refractivity contribution in [1.82, 2.24) is 4.90 Å². The molecule has 27 heavy (non-hydrogen) atoms. The largest absolute Gasteiger partial charge is 0.465 e. The van der Waals surface area contributed by atoms with Gasteiger partial charge in [-0.3, -0.25) is 14.5 Å². The maximum atomic E-state index is 12.8. The van der Waals surface area contributed by atoms with Crippen molar-refractivity contribution in [3.05, 3.63) is 65.7 Å². The quantitative estimate of drug-likeness (QED) is 0.851. The Labute approximate surface area is 157 Å². The van der Waals surface area contributed by atoms with E-state index in [2.05, 4.69) is 5.32 Å². The predicted molar refractivity (Wildman–Crippen MR) is 102 cm³/mol. The summed E-state index contributed by atoms with van der Waals surface area (Å²) in [5.41, 5.74) is 2.50. The molecule has 0 aliphatic carbocycles. The monoisotopic (exact) mass is 366 g/mol. The van der Waals surface area contributed by atoms with E-state index in [-0.39, 0.29) is 12.2 Å². The van der Waals surface area contributed by atoms with Crippen molar-refractivity contribution < 1.29 is 19.5 Å². The third kappa shape index (κ3) is 4.16. The van der Waals surface area contributed by atoms with Crippen LogP contribution in [0.3, 0.4) is 0 Å². The van der Waals surface area contributed by atoms with E-state index in [1.807, 2.05) is 48.5 Å². The number of rotatable bonds is 5. The van der Waals surface area contributed by atoms with Crippen molar-refractivity contribution in [2.45, 2.75) is 38.3 Å². The normalized spacial score (nSPS) is 17.2. The fraction of sp³-hybridized carbons (Fsp3) is 0.286. The zero-order valence-corrected chi connectivity index (χ0v) is 15.1. The Kier molecular flexibility index (Phi) is 5.54. The molecule has 2 aromatic rings. The Morgan fingerprint density at radius 1 is 1.15 bits per heavy atom. The second-order valence-electron chi connectivity index (χ2n) is 6.71. The summed E-state index contributed by atoms with van der Waals surface area (Å²) in [7, 11) is 0. The zero-order valence-electron chi connectivity index (χ0n) is 15.1. The third-order valence-electron chi connectivity index (χ3n) is 4.90. The van der Waals surface area contributed by atoms with Gasteiger partial charge in [0.2, 0.25) is 5.91 Å². The van der Waals surface area contributed by atoms with Crippen LogP contribution in [0.4, 0.5) is 10.5 Å². The molecular weight excluding hydrogens is 344 g/mol. The number of nitrogens with one attached hydrogen (secondary N) is 1. The molecule has 2 aromatic carbocycles. The highest BCUT2D eigenvalue weighted by atomic mass is 16.4. The number of hydrogen-bond acceptors (Lipinski definition) is 3. The van der Waals surface area contributed by atoms with E-state index in [4.69, 9.17) is 0 Å². The number of nitrogens with zero attached hydrogens (tertiary/aromatic N) is 1. The van der Waals surface area contributed by atoms with Crippen molar-refractivity contribution in [3.63, 3.8) is 0 Å². The van der Waals surface area contributed by atoms with E-state index in [9.17, 15) is 19.5 Å². The summed E-state index contributed by atoms with van der Waals surface area (Å²) >= 11 is 0. The number of fused-ring (bicyclic) bond motifs is 1. The molecule has 0 bridgehead atoms. The smallest absolute Gasteiger partial charge is 0.408 e. The average Bonchev–Trinajstić information content (AvgIpc) is 2.80. The number of carbonyl (C=O) groups is 3. The first kappa shape index (κ1) is 18.6. The molecule has 3 rings (SSSR count). The van der Waals surface area contributed by atoms with Crippen molar-refractivity contribution in [2.75, 3.05) is 5.32 Å². The van der Waals surface area contributed by atoms with E-state index in [1.165, 1.54) is 6.92 Å². The molecule has 0 aromatic heterocycles. The summed E-state index contributed by atoms with van der Waals surface area (Å²) in [5, 5.41) is 12.7. The highest BCUT2D eigenvalue weighted by Gasteiger charge is 2.38. The summed E-state index contributed by atoms with van der Waals surface area (Å²) in [6, 6.07) is 14.8. The topological polar surface area (TPSA) is 86.7 Å². The summed E-state index contributed by atoms with van der Waals surface area (Å²) in [6.07, 6.45) is -0.149. The second-order valence-corrected chi connectivity index (χ2v) is 6.71. The van der Waals surface area contributed by atoms with E-state index >= 15 is 0 Å². The molecule has 0 spiro atoms. The first-order chi connectivity index (χ1) is 13.0. The molecule has 6 nitrogen and oxygen atoms in total. The minimum absolute atomic E-state index is 0.235. The highest BCUT2D eigenvalue weighted by molar-refractivity contribution is 5.99. The van der Waals surface area contributed by atoms with Crippen LogP contribution in [0.2, 0.25) is 0 Å². The molecule has 1 heterocycles. The lowest BCUT2D eigenvalue weighted by Crippen LogP contribution is -2.54. The van der Waals surface area contributed by atoms with E-state index in [0.29, 0.717) is 18.5 Å². The minimum atomic E-state index is -1.27. The molecule has 0 saturated carbocycles.